The van der Waals surface area contributed by atoms with E-state index in [2.05, 4.69) is 52.2 Å². The van der Waals surface area contributed by atoms with Crippen LogP contribution >= 0.6 is 0 Å². The highest BCUT2D eigenvalue weighted by Crippen LogP contribution is 2.40. The number of hydrogen-bond acceptors (Lipinski definition) is 1. The van der Waals surface area contributed by atoms with Gasteiger partial charge in [-0.3, -0.25) is 0 Å². The minimum Gasteiger partial charge on any atom is -0.375 e. The van der Waals surface area contributed by atoms with Gasteiger partial charge in [0.25, 0.3) is 0 Å². The zero-order valence-electron chi connectivity index (χ0n) is 12.3. The van der Waals surface area contributed by atoms with E-state index in [0.717, 1.165) is 6.42 Å². The van der Waals surface area contributed by atoms with Crippen LogP contribution in [0.5, 0.6) is 0 Å². The van der Waals surface area contributed by atoms with Gasteiger partial charge < -0.3 is 4.90 Å². The molecule has 98 valence electrons. The summed E-state index contributed by atoms with van der Waals surface area (Å²) in [6.45, 7) is 18.0. The molecule has 1 aliphatic rings. The summed E-state index contributed by atoms with van der Waals surface area (Å²) >= 11 is 0. The molecule has 0 unspecified atom stereocenters. The Bertz CT molecular complexity index is 291. The summed E-state index contributed by atoms with van der Waals surface area (Å²) in [7, 11) is 0. The Morgan fingerprint density at radius 2 is 1.88 bits per heavy atom. The third kappa shape index (κ3) is 3.14. The Morgan fingerprint density at radius 1 is 1.35 bits per heavy atom. The summed E-state index contributed by atoms with van der Waals surface area (Å²) in [6.07, 6.45) is 5.91. The quantitative estimate of drug-likeness (QED) is 0.643. The first kappa shape index (κ1) is 14.3. The molecule has 0 spiro atoms. The van der Waals surface area contributed by atoms with E-state index in [9.17, 15) is 0 Å². The van der Waals surface area contributed by atoms with Crippen molar-refractivity contribution in [3.05, 3.63) is 23.9 Å². The van der Waals surface area contributed by atoms with Gasteiger partial charge >= 0.3 is 0 Å². The van der Waals surface area contributed by atoms with Crippen LogP contribution in [0.15, 0.2) is 23.9 Å². The van der Waals surface area contributed by atoms with E-state index >= 15 is 0 Å². The van der Waals surface area contributed by atoms with Crippen molar-refractivity contribution < 1.29 is 0 Å². The Balaban J connectivity index is 2.65. The van der Waals surface area contributed by atoms with Gasteiger partial charge in [-0.15, -0.1) is 0 Å². The van der Waals surface area contributed by atoms with Gasteiger partial charge in [0.15, 0.2) is 0 Å². The molecule has 1 aliphatic heterocycles. The lowest BCUT2D eigenvalue weighted by Gasteiger charge is -2.43. The second-order valence-electron chi connectivity index (χ2n) is 5.87. The van der Waals surface area contributed by atoms with Crippen LogP contribution in [-0.2, 0) is 0 Å². The van der Waals surface area contributed by atoms with E-state index in [1.807, 2.05) is 0 Å². The van der Waals surface area contributed by atoms with E-state index in [1.165, 1.54) is 37.2 Å². The number of hydrogen-bond donors (Lipinski definition) is 0. The smallest absolute Gasteiger partial charge is 0.0183 e. The molecule has 1 rings (SSSR count). The summed E-state index contributed by atoms with van der Waals surface area (Å²) in [4.78, 5) is 2.56. The summed E-state index contributed by atoms with van der Waals surface area (Å²) in [5.74, 6) is 0.638. The molecule has 1 heterocycles. The molecule has 0 radical (unpaired) electrons. The first-order valence-corrected chi connectivity index (χ1v) is 7.04. The van der Waals surface area contributed by atoms with Crippen LogP contribution in [0.2, 0.25) is 0 Å². The van der Waals surface area contributed by atoms with Crippen molar-refractivity contribution in [1.82, 2.24) is 4.90 Å². The molecule has 0 bridgehead atoms. The Labute approximate surface area is 108 Å². The van der Waals surface area contributed by atoms with Crippen LogP contribution in [0.25, 0.3) is 0 Å². The van der Waals surface area contributed by atoms with Crippen LogP contribution in [0.3, 0.4) is 0 Å². The van der Waals surface area contributed by atoms with E-state index in [-0.39, 0.29) is 0 Å². The van der Waals surface area contributed by atoms with Crippen molar-refractivity contribution in [2.45, 2.75) is 53.9 Å². The molecule has 0 N–H and O–H groups in total. The van der Waals surface area contributed by atoms with Crippen LogP contribution < -0.4 is 0 Å². The third-order valence-corrected chi connectivity index (χ3v) is 4.40. The zero-order valence-corrected chi connectivity index (χ0v) is 12.3. The molecule has 1 saturated heterocycles. The lowest BCUT2D eigenvalue weighted by atomic mass is 9.73. The maximum atomic E-state index is 4.26. The van der Waals surface area contributed by atoms with Crippen molar-refractivity contribution in [2.24, 2.45) is 11.3 Å². The highest BCUT2D eigenvalue weighted by Gasteiger charge is 2.32. The molecule has 0 aromatic carbocycles. The number of piperidine rings is 1. The van der Waals surface area contributed by atoms with Crippen LogP contribution in [-0.4, -0.2) is 18.0 Å². The van der Waals surface area contributed by atoms with Crippen molar-refractivity contribution in [2.75, 3.05) is 13.1 Å². The fourth-order valence-corrected chi connectivity index (χ4v) is 2.92. The van der Waals surface area contributed by atoms with Crippen molar-refractivity contribution in [1.29, 1.82) is 0 Å². The van der Waals surface area contributed by atoms with E-state index in [4.69, 9.17) is 0 Å². The SMILES string of the molecule is C=C(CC)C1(C)CCN(/C(=C\C)C(C)C)CC1. The van der Waals surface area contributed by atoms with Gasteiger partial charge in [-0.25, -0.2) is 0 Å². The largest absolute Gasteiger partial charge is 0.375 e. The van der Waals surface area contributed by atoms with Crippen molar-refractivity contribution in [3.8, 4) is 0 Å². The van der Waals surface area contributed by atoms with Gasteiger partial charge in [0.2, 0.25) is 0 Å². The van der Waals surface area contributed by atoms with Gasteiger partial charge in [-0.05, 0) is 37.5 Å². The monoisotopic (exact) mass is 235 g/mol. The minimum absolute atomic E-state index is 0.376. The fraction of sp³-hybridized carbons (Fsp3) is 0.750. The molecule has 0 aromatic heterocycles. The summed E-state index contributed by atoms with van der Waals surface area (Å²) in [6, 6.07) is 0. The number of allylic oxidation sites excluding steroid dienone is 3. The Morgan fingerprint density at radius 3 is 2.24 bits per heavy atom. The number of likely N-dealkylation sites (tertiary alicyclic amines) is 1. The predicted octanol–water partition coefficient (Wildman–Crippen LogP) is 4.61. The van der Waals surface area contributed by atoms with Crippen LogP contribution in [0, 0.1) is 11.3 Å². The highest BCUT2D eigenvalue weighted by molar-refractivity contribution is 5.12. The van der Waals surface area contributed by atoms with Crippen molar-refractivity contribution >= 4 is 0 Å². The first-order valence-electron chi connectivity index (χ1n) is 7.04. The zero-order chi connectivity index (χ0) is 13.1. The van der Waals surface area contributed by atoms with Crippen molar-refractivity contribution in [3.63, 3.8) is 0 Å². The van der Waals surface area contributed by atoms with Gasteiger partial charge in [-0.1, -0.05) is 45.9 Å². The molecule has 0 saturated carbocycles. The molecule has 17 heavy (non-hydrogen) atoms. The first-order chi connectivity index (χ1) is 7.94. The second-order valence-corrected chi connectivity index (χ2v) is 5.87. The molecule has 0 aliphatic carbocycles. The average molecular weight is 235 g/mol. The normalized spacial score (nSPS) is 20.8. The topological polar surface area (TPSA) is 3.24 Å². The standard InChI is InChI=1S/C16H29N/c1-7-14(5)16(6)9-11-17(12-10-16)15(8-2)13(3)4/h8,13H,5,7,9-12H2,1-4,6H3/b15-8-. The lowest BCUT2D eigenvalue weighted by Crippen LogP contribution is -2.39. The maximum Gasteiger partial charge on any atom is 0.0183 e. The van der Waals surface area contributed by atoms with Crippen LogP contribution in [0.4, 0.5) is 0 Å². The maximum absolute atomic E-state index is 4.26. The molecule has 1 fully saturated rings. The lowest BCUT2D eigenvalue weighted by molar-refractivity contribution is 0.163. The van der Waals surface area contributed by atoms with E-state index in [1.54, 1.807) is 0 Å². The van der Waals surface area contributed by atoms with E-state index < -0.39 is 0 Å². The van der Waals surface area contributed by atoms with Gasteiger partial charge in [0, 0.05) is 18.8 Å². The molecule has 1 nitrogen and oxygen atoms in total. The summed E-state index contributed by atoms with van der Waals surface area (Å²) in [5, 5.41) is 0. The Hall–Kier alpha value is -0.720. The molecule has 0 atom stereocenters. The predicted molar refractivity (Wildman–Crippen MR) is 76.9 cm³/mol. The van der Waals surface area contributed by atoms with Gasteiger partial charge in [-0.2, -0.15) is 0 Å². The average Bonchev–Trinajstić information content (AvgIpc) is 2.31. The third-order valence-electron chi connectivity index (χ3n) is 4.40. The Kier molecular flexibility index (Phi) is 4.85. The molecule has 1 heteroatoms. The van der Waals surface area contributed by atoms with E-state index in [0.29, 0.717) is 11.3 Å². The number of rotatable bonds is 4. The number of nitrogens with zero attached hydrogens (tertiary/aromatic N) is 1. The minimum atomic E-state index is 0.376. The molecule has 0 amide bonds. The second kappa shape index (κ2) is 5.75. The molecular formula is C16H29N. The van der Waals surface area contributed by atoms with Gasteiger partial charge in [0.05, 0.1) is 0 Å². The molecular weight excluding hydrogens is 206 g/mol. The fourth-order valence-electron chi connectivity index (χ4n) is 2.92. The molecule has 0 aromatic rings. The van der Waals surface area contributed by atoms with Gasteiger partial charge in [0.1, 0.15) is 0 Å². The summed E-state index contributed by atoms with van der Waals surface area (Å²) in [5.41, 5.74) is 3.32. The summed E-state index contributed by atoms with van der Waals surface area (Å²) < 4.78 is 0. The van der Waals surface area contributed by atoms with Crippen LogP contribution in [0.1, 0.15) is 53.9 Å². The highest BCUT2D eigenvalue weighted by atomic mass is 15.1.